The number of benzene rings is 1. The van der Waals surface area contributed by atoms with Crippen LogP contribution in [0.25, 0.3) is 6.08 Å². The first kappa shape index (κ1) is 12.1. The van der Waals surface area contributed by atoms with Gasteiger partial charge in [0.2, 0.25) is 0 Å². The van der Waals surface area contributed by atoms with Gasteiger partial charge in [0.1, 0.15) is 11.5 Å². The van der Waals surface area contributed by atoms with E-state index in [2.05, 4.69) is 10.3 Å². The second-order valence-corrected chi connectivity index (χ2v) is 5.38. The highest BCUT2D eigenvalue weighted by Gasteiger charge is 2.20. The zero-order valence-corrected chi connectivity index (χ0v) is 11.3. The maximum atomic E-state index is 11.8. The first-order chi connectivity index (χ1) is 9.22. The second-order valence-electron chi connectivity index (χ2n) is 3.97. The maximum absolute atomic E-state index is 11.8. The normalized spacial score (nSPS) is 16.6. The average molecular weight is 289 g/mol. The summed E-state index contributed by atoms with van der Waals surface area (Å²) < 4.78 is 0. The van der Waals surface area contributed by atoms with Crippen LogP contribution in [0.3, 0.4) is 0 Å². The van der Waals surface area contributed by atoms with Crippen LogP contribution >= 0.6 is 22.9 Å². The number of amidine groups is 1. The van der Waals surface area contributed by atoms with Crippen LogP contribution in [-0.4, -0.2) is 11.7 Å². The predicted molar refractivity (Wildman–Crippen MR) is 78.4 cm³/mol. The molecule has 0 fully saturated rings. The SMILES string of the molecule is O=C1NC(c2ccc(Cl)cc2)=N/C1=C/c1cccs1. The Labute approximate surface area is 119 Å². The van der Waals surface area contributed by atoms with Gasteiger partial charge in [-0.2, -0.15) is 0 Å². The first-order valence-corrected chi connectivity index (χ1v) is 6.89. The number of thiophene rings is 1. The number of halogens is 1. The van der Waals surface area contributed by atoms with E-state index in [1.807, 2.05) is 29.6 Å². The summed E-state index contributed by atoms with van der Waals surface area (Å²) in [4.78, 5) is 17.2. The fourth-order valence-corrected chi connectivity index (χ4v) is 2.50. The molecule has 94 valence electrons. The Balaban J connectivity index is 1.93. The van der Waals surface area contributed by atoms with Gasteiger partial charge < -0.3 is 5.32 Å². The fraction of sp³-hybridized carbons (Fsp3) is 0. The number of carbonyl (C=O) groups is 1. The molecule has 0 aliphatic carbocycles. The molecule has 0 spiro atoms. The van der Waals surface area contributed by atoms with Crippen LogP contribution in [0.15, 0.2) is 52.5 Å². The summed E-state index contributed by atoms with van der Waals surface area (Å²) in [6, 6.07) is 11.1. The van der Waals surface area contributed by atoms with Gasteiger partial charge in [-0.3, -0.25) is 4.79 Å². The van der Waals surface area contributed by atoms with E-state index in [0.717, 1.165) is 10.4 Å². The van der Waals surface area contributed by atoms with E-state index >= 15 is 0 Å². The van der Waals surface area contributed by atoms with Crippen LogP contribution in [0.2, 0.25) is 5.02 Å². The van der Waals surface area contributed by atoms with E-state index in [9.17, 15) is 4.79 Å². The minimum absolute atomic E-state index is 0.182. The van der Waals surface area contributed by atoms with Crippen LogP contribution in [-0.2, 0) is 4.79 Å². The molecule has 0 atom stereocenters. The van der Waals surface area contributed by atoms with E-state index < -0.39 is 0 Å². The van der Waals surface area contributed by atoms with Crippen molar-refractivity contribution < 1.29 is 4.79 Å². The molecule has 0 saturated heterocycles. The van der Waals surface area contributed by atoms with Gasteiger partial charge in [0.05, 0.1) is 0 Å². The summed E-state index contributed by atoms with van der Waals surface area (Å²) in [5.41, 5.74) is 1.26. The molecular formula is C14H9ClN2OS. The van der Waals surface area contributed by atoms with Crippen LogP contribution in [0.1, 0.15) is 10.4 Å². The Hall–Kier alpha value is -1.91. The van der Waals surface area contributed by atoms with Crippen LogP contribution in [0.5, 0.6) is 0 Å². The lowest BCUT2D eigenvalue weighted by atomic mass is 10.2. The van der Waals surface area contributed by atoms with E-state index in [0.29, 0.717) is 16.6 Å². The highest BCUT2D eigenvalue weighted by Crippen LogP contribution is 2.18. The molecule has 1 aliphatic heterocycles. The Morgan fingerprint density at radius 2 is 2.00 bits per heavy atom. The molecule has 1 aromatic carbocycles. The Bertz CT molecular complexity index is 672. The summed E-state index contributed by atoms with van der Waals surface area (Å²) in [6.07, 6.45) is 1.78. The summed E-state index contributed by atoms with van der Waals surface area (Å²) in [5.74, 6) is 0.378. The molecule has 0 unspecified atom stereocenters. The molecule has 0 bridgehead atoms. The third kappa shape index (κ3) is 2.59. The Kier molecular flexibility index (Phi) is 3.19. The van der Waals surface area contributed by atoms with Crippen molar-refractivity contribution in [3.8, 4) is 0 Å². The number of nitrogens with zero attached hydrogens (tertiary/aromatic N) is 1. The quantitative estimate of drug-likeness (QED) is 0.846. The van der Waals surface area contributed by atoms with Gasteiger partial charge in [-0.05, 0) is 41.8 Å². The zero-order chi connectivity index (χ0) is 13.2. The minimum atomic E-state index is -0.182. The van der Waals surface area contributed by atoms with Gasteiger partial charge in [0.15, 0.2) is 0 Å². The molecule has 3 rings (SSSR count). The largest absolute Gasteiger partial charge is 0.305 e. The topological polar surface area (TPSA) is 41.5 Å². The van der Waals surface area contributed by atoms with Gasteiger partial charge in [-0.25, -0.2) is 4.99 Å². The van der Waals surface area contributed by atoms with Crippen LogP contribution < -0.4 is 5.32 Å². The van der Waals surface area contributed by atoms with Crippen molar-refractivity contribution >= 4 is 40.8 Å². The van der Waals surface area contributed by atoms with E-state index in [1.165, 1.54) is 0 Å². The maximum Gasteiger partial charge on any atom is 0.275 e. The van der Waals surface area contributed by atoms with E-state index in [-0.39, 0.29) is 5.91 Å². The summed E-state index contributed by atoms with van der Waals surface area (Å²) >= 11 is 7.40. The van der Waals surface area contributed by atoms with Crippen molar-refractivity contribution in [3.63, 3.8) is 0 Å². The van der Waals surface area contributed by atoms with Gasteiger partial charge in [-0.1, -0.05) is 17.7 Å². The lowest BCUT2D eigenvalue weighted by molar-refractivity contribution is -0.115. The standard InChI is InChI=1S/C14H9ClN2OS/c15-10-5-3-9(4-6-10)13-16-12(14(18)17-13)8-11-2-1-7-19-11/h1-8H,(H,16,17,18)/b12-8+. The molecule has 19 heavy (non-hydrogen) atoms. The molecule has 0 saturated carbocycles. The Morgan fingerprint density at radius 1 is 1.21 bits per heavy atom. The molecule has 5 heteroatoms. The van der Waals surface area contributed by atoms with Gasteiger partial charge in [-0.15, -0.1) is 11.3 Å². The smallest absolute Gasteiger partial charge is 0.275 e. The molecular weight excluding hydrogens is 280 g/mol. The summed E-state index contributed by atoms with van der Waals surface area (Å²) in [6.45, 7) is 0. The predicted octanol–water partition coefficient (Wildman–Crippen LogP) is 3.32. The number of amides is 1. The second kappa shape index (κ2) is 4.99. The number of hydrogen-bond acceptors (Lipinski definition) is 3. The number of rotatable bonds is 2. The highest BCUT2D eigenvalue weighted by molar-refractivity contribution is 7.10. The van der Waals surface area contributed by atoms with Crippen molar-refractivity contribution in [2.24, 2.45) is 4.99 Å². The fourth-order valence-electron chi connectivity index (χ4n) is 1.72. The molecule has 2 aromatic rings. The van der Waals surface area contributed by atoms with Crippen molar-refractivity contribution in [2.45, 2.75) is 0 Å². The van der Waals surface area contributed by atoms with E-state index in [4.69, 9.17) is 11.6 Å². The van der Waals surface area contributed by atoms with Crippen LogP contribution in [0, 0.1) is 0 Å². The zero-order valence-electron chi connectivity index (χ0n) is 9.76. The van der Waals surface area contributed by atoms with Gasteiger partial charge in [0, 0.05) is 15.5 Å². The number of nitrogens with one attached hydrogen (secondary N) is 1. The summed E-state index contributed by atoms with van der Waals surface area (Å²) in [5, 5.41) is 5.37. The third-order valence-electron chi connectivity index (χ3n) is 2.64. The molecule has 0 radical (unpaired) electrons. The third-order valence-corrected chi connectivity index (χ3v) is 3.71. The monoisotopic (exact) mass is 288 g/mol. The minimum Gasteiger partial charge on any atom is -0.305 e. The highest BCUT2D eigenvalue weighted by atomic mass is 35.5. The Morgan fingerprint density at radius 3 is 2.68 bits per heavy atom. The van der Waals surface area contributed by atoms with Crippen molar-refractivity contribution in [3.05, 3.63) is 62.9 Å². The van der Waals surface area contributed by atoms with Gasteiger partial charge in [0.25, 0.3) is 5.91 Å². The number of aliphatic imine (C=N–C) groups is 1. The first-order valence-electron chi connectivity index (χ1n) is 5.63. The van der Waals surface area contributed by atoms with Crippen molar-refractivity contribution in [1.29, 1.82) is 0 Å². The summed E-state index contributed by atoms with van der Waals surface area (Å²) in [7, 11) is 0. The van der Waals surface area contributed by atoms with Crippen molar-refractivity contribution in [1.82, 2.24) is 5.32 Å². The number of hydrogen-bond donors (Lipinski definition) is 1. The lowest BCUT2D eigenvalue weighted by Gasteiger charge is -1.99. The van der Waals surface area contributed by atoms with Crippen LogP contribution in [0.4, 0.5) is 0 Å². The molecule has 1 N–H and O–H groups in total. The van der Waals surface area contributed by atoms with Crippen molar-refractivity contribution in [2.75, 3.05) is 0 Å². The molecule has 1 aromatic heterocycles. The number of carbonyl (C=O) groups excluding carboxylic acids is 1. The molecule has 2 heterocycles. The molecule has 1 amide bonds. The lowest BCUT2D eigenvalue weighted by Crippen LogP contribution is -2.24. The molecule has 3 nitrogen and oxygen atoms in total. The van der Waals surface area contributed by atoms with E-state index in [1.54, 1.807) is 29.5 Å². The molecule has 1 aliphatic rings. The average Bonchev–Trinajstić information content (AvgIpc) is 3.02. The van der Waals surface area contributed by atoms with Gasteiger partial charge >= 0.3 is 0 Å².